The molecule has 0 bridgehead atoms. The van der Waals surface area contributed by atoms with Crippen LogP contribution in [0.2, 0.25) is 0 Å². The molecule has 0 saturated carbocycles. The fraction of sp³-hybridized carbons (Fsp3) is 0.667. The Balaban J connectivity index is 2.87. The fourth-order valence-corrected chi connectivity index (χ4v) is 1.80. The monoisotopic (exact) mass is 283 g/mol. The van der Waals surface area contributed by atoms with Gasteiger partial charge in [-0.15, -0.1) is 0 Å². The lowest BCUT2D eigenvalue weighted by Crippen LogP contribution is -2.35. The maximum absolute atomic E-state index is 14.5. The molecular formula is C15H26FN3O. The predicted octanol–water partition coefficient (Wildman–Crippen LogP) is 2.58. The molecule has 0 aromatic carbocycles. The second-order valence-corrected chi connectivity index (χ2v) is 5.78. The number of pyridine rings is 1. The highest BCUT2D eigenvalue weighted by molar-refractivity contribution is 5.43. The number of ether oxygens (including phenoxy) is 1. The molecule has 0 amide bonds. The van der Waals surface area contributed by atoms with E-state index in [0.29, 0.717) is 37.6 Å². The van der Waals surface area contributed by atoms with Gasteiger partial charge in [0.05, 0.1) is 6.61 Å². The summed E-state index contributed by atoms with van der Waals surface area (Å²) in [6.45, 7) is 10.5. The van der Waals surface area contributed by atoms with Crippen LogP contribution in [0.4, 0.5) is 10.2 Å². The van der Waals surface area contributed by atoms with Crippen LogP contribution in [0.3, 0.4) is 0 Å². The van der Waals surface area contributed by atoms with E-state index in [0.717, 1.165) is 0 Å². The van der Waals surface area contributed by atoms with Crippen LogP contribution >= 0.6 is 0 Å². The Hall–Kier alpha value is -1.20. The Morgan fingerprint density at radius 3 is 2.65 bits per heavy atom. The molecule has 0 saturated heterocycles. The van der Waals surface area contributed by atoms with Gasteiger partial charge < -0.3 is 15.0 Å². The zero-order valence-electron chi connectivity index (χ0n) is 13.2. The Kier molecular flexibility index (Phi) is 6.36. The smallest absolute Gasteiger partial charge is 0.170 e. The summed E-state index contributed by atoms with van der Waals surface area (Å²) >= 11 is 0. The molecule has 5 heteroatoms. The van der Waals surface area contributed by atoms with Crippen LogP contribution in [-0.2, 0) is 11.3 Å². The number of rotatable bonds is 7. The van der Waals surface area contributed by atoms with Gasteiger partial charge in [-0.3, -0.25) is 0 Å². The number of nitrogens with one attached hydrogen (secondary N) is 1. The van der Waals surface area contributed by atoms with Gasteiger partial charge in [-0.2, -0.15) is 0 Å². The quantitative estimate of drug-likeness (QED) is 0.834. The summed E-state index contributed by atoms with van der Waals surface area (Å²) in [5.74, 6) is 0.153. The van der Waals surface area contributed by atoms with Crippen molar-refractivity contribution in [3.05, 3.63) is 23.6 Å². The molecule has 0 spiro atoms. The maximum atomic E-state index is 14.5. The normalized spacial score (nSPS) is 11.7. The van der Waals surface area contributed by atoms with Gasteiger partial charge >= 0.3 is 0 Å². The van der Waals surface area contributed by atoms with Crippen LogP contribution in [0.5, 0.6) is 0 Å². The van der Waals surface area contributed by atoms with Crippen molar-refractivity contribution in [1.82, 2.24) is 10.3 Å². The number of halogens is 1. The predicted molar refractivity (Wildman–Crippen MR) is 80.6 cm³/mol. The summed E-state index contributed by atoms with van der Waals surface area (Å²) < 4.78 is 19.6. The average Bonchev–Trinajstić information content (AvgIpc) is 2.38. The number of aromatic nitrogens is 1. The van der Waals surface area contributed by atoms with Crippen molar-refractivity contribution in [3.63, 3.8) is 0 Å². The van der Waals surface area contributed by atoms with Crippen molar-refractivity contribution < 1.29 is 9.13 Å². The zero-order chi connectivity index (χ0) is 15.2. The van der Waals surface area contributed by atoms with Crippen LogP contribution in [0, 0.1) is 5.82 Å². The van der Waals surface area contributed by atoms with Crippen LogP contribution in [0.25, 0.3) is 0 Å². The molecule has 1 aromatic rings. The number of anilines is 1. The highest BCUT2D eigenvalue weighted by Gasteiger charge is 2.16. The van der Waals surface area contributed by atoms with Gasteiger partial charge in [-0.05, 0) is 33.8 Å². The van der Waals surface area contributed by atoms with Crippen molar-refractivity contribution in [2.45, 2.75) is 39.8 Å². The third kappa shape index (κ3) is 5.06. The summed E-state index contributed by atoms with van der Waals surface area (Å²) in [6.07, 6.45) is 1.66. The van der Waals surface area contributed by atoms with E-state index in [1.54, 1.807) is 19.4 Å². The molecule has 20 heavy (non-hydrogen) atoms. The number of methoxy groups -OCH3 is 1. The topological polar surface area (TPSA) is 37.4 Å². The van der Waals surface area contributed by atoms with E-state index in [-0.39, 0.29) is 11.4 Å². The molecule has 1 aromatic heterocycles. The van der Waals surface area contributed by atoms with E-state index in [1.807, 2.05) is 11.8 Å². The lowest BCUT2D eigenvalue weighted by Gasteiger charge is -2.24. The number of likely N-dealkylation sites (N-methyl/N-ethyl adjacent to an activating group) is 1. The summed E-state index contributed by atoms with van der Waals surface area (Å²) in [4.78, 5) is 6.06. The van der Waals surface area contributed by atoms with Crippen LogP contribution in [0.1, 0.15) is 33.3 Å². The first-order valence-corrected chi connectivity index (χ1v) is 7.01. The molecule has 0 fully saturated rings. The minimum atomic E-state index is -0.248. The maximum Gasteiger partial charge on any atom is 0.170 e. The molecule has 4 nitrogen and oxygen atoms in total. The fourth-order valence-electron chi connectivity index (χ4n) is 1.80. The third-order valence-corrected chi connectivity index (χ3v) is 3.01. The molecule has 0 aliphatic carbocycles. The minimum Gasteiger partial charge on any atom is -0.383 e. The van der Waals surface area contributed by atoms with E-state index in [2.05, 4.69) is 31.1 Å². The van der Waals surface area contributed by atoms with Gasteiger partial charge in [-0.1, -0.05) is 0 Å². The van der Waals surface area contributed by atoms with E-state index in [1.165, 1.54) is 0 Å². The summed E-state index contributed by atoms with van der Waals surface area (Å²) in [5, 5.41) is 3.30. The molecule has 0 atom stereocenters. The third-order valence-electron chi connectivity index (χ3n) is 3.01. The lowest BCUT2D eigenvalue weighted by molar-refractivity contribution is 0.205. The molecular weight excluding hydrogens is 257 g/mol. The zero-order valence-corrected chi connectivity index (χ0v) is 13.2. The van der Waals surface area contributed by atoms with Gasteiger partial charge in [0.15, 0.2) is 11.6 Å². The van der Waals surface area contributed by atoms with E-state index in [9.17, 15) is 4.39 Å². The van der Waals surface area contributed by atoms with E-state index in [4.69, 9.17) is 4.74 Å². The van der Waals surface area contributed by atoms with Gasteiger partial charge in [0.1, 0.15) is 0 Å². The van der Waals surface area contributed by atoms with Crippen LogP contribution in [0.15, 0.2) is 12.3 Å². The average molecular weight is 283 g/mol. The molecule has 0 aliphatic rings. The molecule has 1 heterocycles. The van der Waals surface area contributed by atoms with Crippen molar-refractivity contribution in [1.29, 1.82) is 0 Å². The largest absolute Gasteiger partial charge is 0.383 e. The Labute approximate surface area is 121 Å². The Morgan fingerprint density at radius 2 is 2.10 bits per heavy atom. The highest BCUT2D eigenvalue weighted by Crippen LogP contribution is 2.19. The van der Waals surface area contributed by atoms with Crippen LogP contribution < -0.4 is 10.2 Å². The first-order chi connectivity index (χ1) is 9.39. The molecule has 0 unspecified atom stereocenters. The first-order valence-electron chi connectivity index (χ1n) is 7.01. The van der Waals surface area contributed by atoms with Gasteiger partial charge in [0.2, 0.25) is 0 Å². The standard InChI is InChI=1S/C15H26FN3O/c1-6-19(9-10-20-5)14-13(16)12(7-8-17-14)11-18-15(2,3)4/h7-8,18H,6,9-11H2,1-5H3. The van der Waals surface area contributed by atoms with Crippen molar-refractivity contribution in [3.8, 4) is 0 Å². The molecule has 0 aliphatic heterocycles. The highest BCUT2D eigenvalue weighted by atomic mass is 19.1. The Bertz CT molecular complexity index is 418. The second kappa shape index (κ2) is 7.55. The number of hydrogen-bond donors (Lipinski definition) is 1. The molecule has 114 valence electrons. The van der Waals surface area contributed by atoms with E-state index >= 15 is 0 Å². The summed E-state index contributed by atoms with van der Waals surface area (Å²) in [5.41, 5.74) is 0.594. The number of hydrogen-bond acceptors (Lipinski definition) is 4. The first kappa shape index (κ1) is 16.9. The van der Waals surface area contributed by atoms with Crippen molar-refractivity contribution in [2.75, 3.05) is 31.7 Å². The number of nitrogens with zero attached hydrogens (tertiary/aromatic N) is 2. The van der Waals surface area contributed by atoms with E-state index < -0.39 is 0 Å². The molecule has 1 N–H and O–H groups in total. The lowest BCUT2D eigenvalue weighted by atomic mass is 10.1. The summed E-state index contributed by atoms with van der Waals surface area (Å²) in [7, 11) is 1.64. The van der Waals surface area contributed by atoms with Gasteiger partial charge in [0.25, 0.3) is 0 Å². The molecule has 0 radical (unpaired) electrons. The van der Waals surface area contributed by atoms with Crippen molar-refractivity contribution >= 4 is 5.82 Å². The van der Waals surface area contributed by atoms with Crippen LogP contribution in [-0.4, -0.2) is 37.3 Å². The Morgan fingerprint density at radius 1 is 1.40 bits per heavy atom. The van der Waals surface area contributed by atoms with Gasteiger partial charge in [0, 0.05) is 44.0 Å². The minimum absolute atomic E-state index is 0.0453. The second-order valence-electron chi connectivity index (χ2n) is 5.78. The molecule has 1 rings (SSSR count). The summed E-state index contributed by atoms with van der Waals surface area (Å²) in [6, 6.07) is 1.72. The SMILES string of the molecule is CCN(CCOC)c1nccc(CNC(C)(C)C)c1F. The van der Waals surface area contributed by atoms with Crippen molar-refractivity contribution in [2.24, 2.45) is 0 Å². The van der Waals surface area contributed by atoms with Gasteiger partial charge in [-0.25, -0.2) is 9.37 Å².